The molecule has 1 aromatic carbocycles. The molecule has 0 saturated carbocycles. The molecule has 0 amide bonds. The molecule has 0 aliphatic rings. The van der Waals surface area contributed by atoms with Crippen LogP contribution in [-0.2, 0) is 0 Å². The summed E-state index contributed by atoms with van der Waals surface area (Å²) in [5.41, 5.74) is 0.375. The van der Waals surface area contributed by atoms with Gasteiger partial charge in [-0.15, -0.1) is 0 Å². The number of rotatable bonds is 3. The predicted molar refractivity (Wildman–Crippen MR) is 63.8 cm³/mol. The lowest BCUT2D eigenvalue weighted by Crippen LogP contribution is -1.95. The summed E-state index contributed by atoms with van der Waals surface area (Å²) < 4.78 is 5.29. The average Bonchev–Trinajstić information content (AvgIpc) is 2.34. The first kappa shape index (κ1) is 11.8. The van der Waals surface area contributed by atoms with Crippen LogP contribution in [0, 0.1) is 17.0 Å². The number of hydrogen-bond donors (Lipinski definition) is 1. The van der Waals surface area contributed by atoms with E-state index in [2.05, 4.69) is 4.98 Å². The lowest BCUT2D eigenvalue weighted by Gasteiger charge is -2.06. The lowest BCUT2D eigenvalue weighted by molar-refractivity contribution is -0.385. The van der Waals surface area contributed by atoms with Crippen LogP contribution < -0.4 is 4.74 Å². The van der Waals surface area contributed by atoms with Crippen molar-refractivity contribution in [2.75, 3.05) is 0 Å². The molecule has 1 N–H and O–H groups in total. The number of benzene rings is 1. The number of pyridine rings is 1. The average molecular weight is 246 g/mol. The summed E-state index contributed by atoms with van der Waals surface area (Å²) in [6.07, 6.45) is 1.35. The van der Waals surface area contributed by atoms with Crippen LogP contribution in [0.1, 0.15) is 5.56 Å². The first-order valence-electron chi connectivity index (χ1n) is 5.15. The number of aromatic hydroxyl groups is 1. The van der Waals surface area contributed by atoms with Crippen molar-refractivity contribution in [2.24, 2.45) is 0 Å². The van der Waals surface area contributed by atoms with Gasteiger partial charge in [-0.25, -0.2) is 4.98 Å². The number of aryl methyl sites for hydroxylation is 1. The number of nitrogens with zero attached hydrogens (tertiary/aromatic N) is 2. The lowest BCUT2D eigenvalue weighted by atomic mass is 10.2. The number of ether oxygens (including phenoxy) is 1. The van der Waals surface area contributed by atoms with Crippen molar-refractivity contribution in [3.05, 3.63) is 52.2 Å². The van der Waals surface area contributed by atoms with E-state index in [-0.39, 0.29) is 23.1 Å². The van der Waals surface area contributed by atoms with Gasteiger partial charge in [0.05, 0.1) is 11.0 Å². The van der Waals surface area contributed by atoms with Gasteiger partial charge in [0, 0.05) is 11.8 Å². The zero-order valence-electron chi connectivity index (χ0n) is 9.53. The van der Waals surface area contributed by atoms with Gasteiger partial charge in [0.2, 0.25) is 5.88 Å². The Labute approximate surface area is 103 Å². The Kier molecular flexibility index (Phi) is 3.09. The zero-order valence-corrected chi connectivity index (χ0v) is 9.53. The van der Waals surface area contributed by atoms with E-state index in [1.54, 1.807) is 25.1 Å². The Morgan fingerprint density at radius 2 is 2.11 bits per heavy atom. The van der Waals surface area contributed by atoms with Crippen molar-refractivity contribution in [1.82, 2.24) is 4.98 Å². The van der Waals surface area contributed by atoms with E-state index >= 15 is 0 Å². The molecule has 6 heteroatoms. The molecule has 2 rings (SSSR count). The largest absolute Gasteiger partial charge is 0.504 e. The van der Waals surface area contributed by atoms with Crippen LogP contribution >= 0.6 is 0 Å². The molecule has 0 saturated heterocycles. The van der Waals surface area contributed by atoms with Crippen LogP contribution in [-0.4, -0.2) is 15.0 Å². The molecule has 0 fully saturated rings. The van der Waals surface area contributed by atoms with Gasteiger partial charge >= 0.3 is 0 Å². The van der Waals surface area contributed by atoms with E-state index in [9.17, 15) is 15.2 Å². The van der Waals surface area contributed by atoms with Gasteiger partial charge < -0.3 is 9.84 Å². The van der Waals surface area contributed by atoms with E-state index < -0.39 is 4.92 Å². The summed E-state index contributed by atoms with van der Waals surface area (Å²) in [6, 6.07) is 7.55. The van der Waals surface area contributed by atoms with E-state index in [4.69, 9.17) is 4.74 Å². The summed E-state index contributed by atoms with van der Waals surface area (Å²) in [5.74, 6) is 0.208. The Morgan fingerprint density at radius 1 is 1.39 bits per heavy atom. The maximum atomic E-state index is 10.8. The molecule has 0 bridgehead atoms. The number of nitro groups is 1. The van der Waals surface area contributed by atoms with Crippen molar-refractivity contribution in [1.29, 1.82) is 0 Å². The molecule has 6 nitrogen and oxygen atoms in total. The van der Waals surface area contributed by atoms with Gasteiger partial charge in [0.15, 0.2) is 11.5 Å². The minimum Gasteiger partial charge on any atom is -0.504 e. The molecule has 1 heterocycles. The number of aromatic nitrogens is 1. The Hall–Kier alpha value is -2.63. The van der Waals surface area contributed by atoms with Crippen LogP contribution in [0.4, 0.5) is 5.69 Å². The zero-order chi connectivity index (χ0) is 13.1. The monoisotopic (exact) mass is 246 g/mol. The van der Waals surface area contributed by atoms with Crippen LogP contribution in [0.5, 0.6) is 17.4 Å². The molecular weight excluding hydrogens is 236 g/mol. The second kappa shape index (κ2) is 4.70. The topological polar surface area (TPSA) is 85.5 Å². The molecule has 1 aromatic heterocycles. The molecule has 18 heavy (non-hydrogen) atoms. The molecule has 0 radical (unpaired) electrons. The Morgan fingerprint density at radius 3 is 2.78 bits per heavy atom. The normalized spacial score (nSPS) is 10.1. The van der Waals surface area contributed by atoms with Gasteiger partial charge in [-0.2, -0.15) is 0 Å². The number of phenolic OH excluding ortho intramolecular Hbond substituents is 1. The third kappa shape index (κ3) is 2.37. The van der Waals surface area contributed by atoms with Gasteiger partial charge in [0.25, 0.3) is 5.69 Å². The van der Waals surface area contributed by atoms with Crippen molar-refractivity contribution >= 4 is 5.69 Å². The summed E-state index contributed by atoms with van der Waals surface area (Å²) >= 11 is 0. The highest BCUT2D eigenvalue weighted by molar-refractivity contribution is 5.44. The van der Waals surface area contributed by atoms with Gasteiger partial charge in [-0.05, 0) is 19.1 Å². The van der Waals surface area contributed by atoms with Crippen molar-refractivity contribution in [3.63, 3.8) is 0 Å². The van der Waals surface area contributed by atoms with Crippen molar-refractivity contribution in [3.8, 4) is 17.4 Å². The molecule has 0 spiro atoms. The number of phenols is 1. The van der Waals surface area contributed by atoms with Crippen LogP contribution in [0.3, 0.4) is 0 Å². The highest BCUT2D eigenvalue weighted by Crippen LogP contribution is 2.30. The SMILES string of the molecule is Cc1cnc(Oc2ccccc2O)cc1[N+](=O)[O-]. The quantitative estimate of drug-likeness (QED) is 0.664. The molecule has 0 atom stereocenters. The minimum atomic E-state index is -0.505. The molecule has 0 aliphatic carbocycles. The van der Waals surface area contributed by atoms with Crippen LogP contribution in [0.15, 0.2) is 36.5 Å². The van der Waals surface area contributed by atoms with E-state index in [1.807, 2.05) is 0 Å². The van der Waals surface area contributed by atoms with Crippen molar-refractivity contribution in [2.45, 2.75) is 6.92 Å². The van der Waals surface area contributed by atoms with E-state index in [1.165, 1.54) is 18.3 Å². The Balaban J connectivity index is 2.33. The smallest absolute Gasteiger partial charge is 0.279 e. The highest BCUT2D eigenvalue weighted by atomic mass is 16.6. The van der Waals surface area contributed by atoms with Crippen LogP contribution in [0.25, 0.3) is 0 Å². The first-order valence-corrected chi connectivity index (χ1v) is 5.15. The second-order valence-electron chi connectivity index (χ2n) is 3.64. The summed E-state index contributed by atoms with van der Waals surface area (Å²) in [7, 11) is 0. The summed E-state index contributed by atoms with van der Waals surface area (Å²) in [5, 5.41) is 20.3. The fraction of sp³-hybridized carbons (Fsp3) is 0.0833. The third-order valence-corrected chi connectivity index (χ3v) is 2.33. The summed E-state index contributed by atoms with van der Waals surface area (Å²) in [4.78, 5) is 14.2. The Bertz CT molecular complexity index is 598. The predicted octanol–water partition coefficient (Wildman–Crippen LogP) is 2.80. The maximum absolute atomic E-state index is 10.8. The standard InChI is InChI=1S/C12H10N2O4/c1-8-7-13-12(6-9(8)14(16)17)18-11-5-3-2-4-10(11)15/h2-7,15H,1H3. The van der Waals surface area contributed by atoms with E-state index in [0.29, 0.717) is 5.56 Å². The fourth-order valence-electron chi connectivity index (χ4n) is 1.40. The molecule has 92 valence electrons. The second-order valence-corrected chi connectivity index (χ2v) is 3.64. The van der Waals surface area contributed by atoms with Gasteiger partial charge in [0.1, 0.15) is 0 Å². The van der Waals surface area contributed by atoms with Gasteiger partial charge in [-0.3, -0.25) is 10.1 Å². The third-order valence-electron chi connectivity index (χ3n) is 2.33. The van der Waals surface area contributed by atoms with E-state index in [0.717, 1.165) is 0 Å². The molecule has 2 aromatic rings. The highest BCUT2D eigenvalue weighted by Gasteiger charge is 2.14. The molecule has 0 aliphatic heterocycles. The molecular formula is C12H10N2O4. The minimum absolute atomic E-state index is 0.0532. The maximum Gasteiger partial charge on any atom is 0.279 e. The van der Waals surface area contributed by atoms with Crippen molar-refractivity contribution < 1.29 is 14.8 Å². The molecule has 0 unspecified atom stereocenters. The number of hydrogen-bond acceptors (Lipinski definition) is 5. The van der Waals surface area contributed by atoms with Gasteiger partial charge in [-0.1, -0.05) is 12.1 Å². The fourth-order valence-corrected chi connectivity index (χ4v) is 1.40. The first-order chi connectivity index (χ1) is 8.58. The van der Waals surface area contributed by atoms with Crippen LogP contribution in [0.2, 0.25) is 0 Å². The summed E-state index contributed by atoms with van der Waals surface area (Å²) in [6.45, 7) is 1.59. The number of para-hydroxylation sites is 2.